The number of amides is 2. The highest BCUT2D eigenvalue weighted by atomic mass is 35.5. The Bertz CT molecular complexity index is 1040. The smallest absolute Gasteiger partial charge is 0.260 e. The van der Waals surface area contributed by atoms with E-state index in [0.29, 0.717) is 23.4 Å². The third-order valence-electron chi connectivity index (χ3n) is 5.85. The van der Waals surface area contributed by atoms with Gasteiger partial charge >= 0.3 is 0 Å². The summed E-state index contributed by atoms with van der Waals surface area (Å²) in [6.45, 7) is 5.36. The standard InChI is InChI=1S/C23H24ClFN2O3/c1-12-7-10-15(24)18(19(12)25)21(28)26-16-6-4-5-14-11-27(22(29)17(14)16)20(13-8-9-13)23(2,3)30/h4-7,10,13,20,30H,8-9,11H2,1-3H3,(H,26,28)/t20-/m0/s1. The first-order valence-corrected chi connectivity index (χ1v) is 10.4. The lowest BCUT2D eigenvalue weighted by Gasteiger charge is -2.37. The van der Waals surface area contributed by atoms with Crippen molar-refractivity contribution < 1.29 is 19.1 Å². The summed E-state index contributed by atoms with van der Waals surface area (Å²) in [6, 6.07) is 7.87. The van der Waals surface area contributed by atoms with Crippen molar-refractivity contribution in [3.05, 3.63) is 63.4 Å². The van der Waals surface area contributed by atoms with Gasteiger partial charge in [0.15, 0.2) is 0 Å². The van der Waals surface area contributed by atoms with Gasteiger partial charge in [-0.15, -0.1) is 0 Å². The number of nitrogens with one attached hydrogen (secondary N) is 1. The van der Waals surface area contributed by atoms with Gasteiger partial charge in [0.2, 0.25) is 0 Å². The zero-order chi connectivity index (χ0) is 21.8. The van der Waals surface area contributed by atoms with E-state index in [1.165, 1.54) is 12.1 Å². The van der Waals surface area contributed by atoms with Crippen molar-refractivity contribution in [1.82, 2.24) is 4.90 Å². The number of aryl methyl sites for hydroxylation is 1. The summed E-state index contributed by atoms with van der Waals surface area (Å²) in [5, 5.41) is 13.3. The Morgan fingerprint density at radius 2 is 2.00 bits per heavy atom. The van der Waals surface area contributed by atoms with Crippen molar-refractivity contribution in [2.24, 2.45) is 5.92 Å². The molecule has 1 aliphatic heterocycles. The lowest BCUT2D eigenvalue weighted by atomic mass is 9.93. The molecule has 2 aromatic carbocycles. The number of fused-ring (bicyclic) bond motifs is 1. The fraction of sp³-hybridized carbons (Fsp3) is 0.391. The topological polar surface area (TPSA) is 69.6 Å². The molecule has 5 nitrogen and oxygen atoms in total. The van der Waals surface area contributed by atoms with Gasteiger partial charge in [-0.25, -0.2) is 4.39 Å². The number of anilines is 1. The molecule has 158 valence electrons. The van der Waals surface area contributed by atoms with Gasteiger partial charge in [-0.1, -0.05) is 29.8 Å². The maximum Gasteiger partial charge on any atom is 0.260 e. The quantitative estimate of drug-likeness (QED) is 0.731. The van der Waals surface area contributed by atoms with E-state index in [-0.39, 0.29) is 28.5 Å². The number of hydrogen-bond donors (Lipinski definition) is 2. The van der Waals surface area contributed by atoms with Crippen LogP contribution >= 0.6 is 11.6 Å². The van der Waals surface area contributed by atoms with Crippen molar-refractivity contribution in [3.63, 3.8) is 0 Å². The van der Waals surface area contributed by atoms with Crippen LogP contribution in [0.5, 0.6) is 0 Å². The molecule has 0 saturated heterocycles. The summed E-state index contributed by atoms with van der Waals surface area (Å²) in [4.78, 5) is 27.8. The molecule has 1 fully saturated rings. The SMILES string of the molecule is Cc1ccc(Cl)c(C(=O)Nc2cccc3c2C(=O)N([C@@H](C2CC2)C(C)(C)O)C3)c1F. The Morgan fingerprint density at radius 1 is 1.30 bits per heavy atom. The lowest BCUT2D eigenvalue weighted by Crippen LogP contribution is -2.51. The van der Waals surface area contributed by atoms with Gasteiger partial charge in [-0.3, -0.25) is 9.59 Å². The fourth-order valence-corrected chi connectivity index (χ4v) is 4.62. The lowest BCUT2D eigenvalue weighted by molar-refractivity contribution is -0.0224. The first kappa shape index (κ1) is 20.8. The van der Waals surface area contributed by atoms with E-state index in [1.54, 1.807) is 37.8 Å². The van der Waals surface area contributed by atoms with E-state index in [0.717, 1.165) is 18.4 Å². The number of aliphatic hydroxyl groups is 1. The molecule has 0 spiro atoms. The van der Waals surface area contributed by atoms with Gasteiger partial charge in [0.1, 0.15) is 5.82 Å². The zero-order valence-electron chi connectivity index (χ0n) is 17.1. The van der Waals surface area contributed by atoms with Crippen LogP contribution in [0.2, 0.25) is 5.02 Å². The maximum absolute atomic E-state index is 14.5. The Kier molecular flexibility index (Phi) is 5.11. The third-order valence-corrected chi connectivity index (χ3v) is 6.17. The van der Waals surface area contributed by atoms with E-state index >= 15 is 0 Å². The zero-order valence-corrected chi connectivity index (χ0v) is 17.9. The molecular weight excluding hydrogens is 407 g/mol. The van der Waals surface area contributed by atoms with Crippen molar-refractivity contribution in [3.8, 4) is 0 Å². The first-order valence-electron chi connectivity index (χ1n) is 10.0. The van der Waals surface area contributed by atoms with Gasteiger partial charge < -0.3 is 15.3 Å². The molecule has 4 rings (SSSR count). The molecule has 30 heavy (non-hydrogen) atoms. The summed E-state index contributed by atoms with van der Waals surface area (Å²) in [5.74, 6) is -1.37. The van der Waals surface area contributed by atoms with Crippen molar-refractivity contribution in [2.45, 2.75) is 51.8 Å². The van der Waals surface area contributed by atoms with Crippen LogP contribution in [0.25, 0.3) is 0 Å². The van der Waals surface area contributed by atoms with Gasteiger partial charge in [0.05, 0.1) is 33.5 Å². The number of carbonyl (C=O) groups is 2. The van der Waals surface area contributed by atoms with E-state index < -0.39 is 17.3 Å². The monoisotopic (exact) mass is 430 g/mol. The largest absolute Gasteiger partial charge is 0.388 e. The molecule has 1 heterocycles. The van der Waals surface area contributed by atoms with Crippen LogP contribution in [0.1, 0.15) is 58.5 Å². The second-order valence-electron chi connectivity index (χ2n) is 8.72. The van der Waals surface area contributed by atoms with Crippen LogP contribution in [0.15, 0.2) is 30.3 Å². The van der Waals surface area contributed by atoms with E-state index in [2.05, 4.69) is 5.32 Å². The van der Waals surface area contributed by atoms with Gasteiger partial charge in [-0.2, -0.15) is 0 Å². The minimum Gasteiger partial charge on any atom is -0.388 e. The van der Waals surface area contributed by atoms with Crippen LogP contribution in [0.3, 0.4) is 0 Å². The summed E-state index contributed by atoms with van der Waals surface area (Å²) in [7, 11) is 0. The summed E-state index contributed by atoms with van der Waals surface area (Å²) < 4.78 is 14.5. The molecule has 2 N–H and O–H groups in total. The van der Waals surface area contributed by atoms with Crippen LogP contribution in [-0.2, 0) is 6.54 Å². The van der Waals surface area contributed by atoms with Crippen LogP contribution < -0.4 is 5.32 Å². The molecule has 1 atom stereocenters. The Morgan fingerprint density at radius 3 is 2.63 bits per heavy atom. The Hall–Kier alpha value is -2.44. The number of hydrogen-bond acceptors (Lipinski definition) is 3. The summed E-state index contributed by atoms with van der Waals surface area (Å²) in [6.07, 6.45) is 1.95. The molecule has 0 aromatic heterocycles. The second-order valence-corrected chi connectivity index (χ2v) is 9.12. The Labute approximate surface area is 179 Å². The van der Waals surface area contributed by atoms with Gasteiger partial charge in [0, 0.05) is 6.54 Å². The number of carbonyl (C=O) groups excluding carboxylic acids is 2. The van der Waals surface area contributed by atoms with E-state index in [4.69, 9.17) is 11.6 Å². The summed E-state index contributed by atoms with van der Waals surface area (Å²) in [5.41, 5.74) is 0.479. The molecule has 1 saturated carbocycles. The highest BCUT2D eigenvalue weighted by Gasteiger charge is 2.48. The molecule has 2 amide bonds. The third kappa shape index (κ3) is 3.59. The van der Waals surface area contributed by atoms with Crippen molar-refractivity contribution in [1.29, 1.82) is 0 Å². The predicted molar refractivity (Wildman–Crippen MR) is 113 cm³/mol. The van der Waals surface area contributed by atoms with E-state index in [9.17, 15) is 19.1 Å². The average molecular weight is 431 g/mol. The molecular formula is C23H24ClFN2O3. The van der Waals surface area contributed by atoms with Gasteiger partial charge in [0.25, 0.3) is 11.8 Å². The van der Waals surface area contributed by atoms with E-state index in [1.807, 2.05) is 6.07 Å². The number of halogens is 2. The van der Waals surface area contributed by atoms with Crippen LogP contribution in [-0.4, -0.2) is 33.5 Å². The van der Waals surface area contributed by atoms with Crippen molar-refractivity contribution >= 4 is 29.1 Å². The van der Waals surface area contributed by atoms with Gasteiger partial charge in [-0.05, 0) is 62.8 Å². The Balaban J connectivity index is 1.66. The maximum atomic E-state index is 14.5. The predicted octanol–water partition coefficient (Wildman–Crippen LogP) is 4.55. The molecule has 1 aliphatic carbocycles. The number of rotatable bonds is 5. The molecule has 2 aromatic rings. The molecule has 0 bridgehead atoms. The van der Waals surface area contributed by atoms with Crippen LogP contribution in [0, 0.1) is 18.7 Å². The molecule has 7 heteroatoms. The minimum absolute atomic E-state index is 0.00644. The molecule has 2 aliphatic rings. The normalized spacial score (nSPS) is 17.1. The summed E-state index contributed by atoms with van der Waals surface area (Å²) >= 11 is 6.06. The highest BCUT2D eigenvalue weighted by molar-refractivity contribution is 6.34. The number of nitrogens with zero attached hydrogens (tertiary/aromatic N) is 1. The fourth-order valence-electron chi connectivity index (χ4n) is 4.39. The first-order chi connectivity index (χ1) is 14.1. The highest BCUT2D eigenvalue weighted by Crippen LogP contribution is 2.43. The molecule has 0 unspecified atom stereocenters. The second kappa shape index (κ2) is 7.36. The number of benzene rings is 2. The average Bonchev–Trinajstić information content (AvgIpc) is 3.42. The molecule has 0 radical (unpaired) electrons. The minimum atomic E-state index is -1.04. The van der Waals surface area contributed by atoms with Crippen LogP contribution in [0.4, 0.5) is 10.1 Å². The van der Waals surface area contributed by atoms with Crippen molar-refractivity contribution in [2.75, 3.05) is 5.32 Å².